The number of fused-ring (bicyclic) bond motifs is 1. The van der Waals surface area contributed by atoms with Crippen LogP contribution in [0.2, 0.25) is 0 Å². The van der Waals surface area contributed by atoms with Gasteiger partial charge in [-0.3, -0.25) is 19.6 Å². The minimum absolute atomic E-state index is 0.00597. The van der Waals surface area contributed by atoms with Crippen LogP contribution in [0.1, 0.15) is 38.3 Å². The summed E-state index contributed by atoms with van der Waals surface area (Å²) < 4.78 is 27.1. The van der Waals surface area contributed by atoms with E-state index in [0.29, 0.717) is 29.0 Å². The molecule has 0 radical (unpaired) electrons. The predicted molar refractivity (Wildman–Crippen MR) is 150 cm³/mol. The molecule has 4 rings (SSSR count). The number of nitrogens with one attached hydrogen (secondary N) is 1. The van der Waals surface area contributed by atoms with E-state index in [0.717, 1.165) is 15.4 Å². The number of carbonyl (C=O) groups excluding carboxylic acids is 1. The second-order valence-electron chi connectivity index (χ2n) is 9.27. The lowest BCUT2D eigenvalue weighted by Crippen LogP contribution is -2.33. The van der Waals surface area contributed by atoms with Crippen molar-refractivity contribution >= 4 is 32.4 Å². The number of rotatable bonds is 9. The summed E-state index contributed by atoms with van der Waals surface area (Å²) in [4.78, 5) is 43.2. The molecule has 3 aromatic heterocycles. The Labute approximate surface area is 226 Å². The Hall–Kier alpha value is -4.40. The van der Waals surface area contributed by atoms with Crippen molar-refractivity contribution in [3.63, 3.8) is 0 Å². The van der Waals surface area contributed by atoms with Crippen LogP contribution in [0.3, 0.4) is 0 Å². The van der Waals surface area contributed by atoms with Gasteiger partial charge in [-0.15, -0.1) is 6.42 Å². The highest BCUT2D eigenvalue weighted by Crippen LogP contribution is 2.28. The zero-order chi connectivity index (χ0) is 28.3. The van der Waals surface area contributed by atoms with Crippen molar-refractivity contribution in [3.8, 4) is 12.3 Å². The SMILES string of the molecule is C#CCN(Cc1cc2c(=O)[nH]c(C)nc2cc1C)c1ccc(C(=O)C(c2cccnc2)S(=O)(=O)N(C)C)nc1. The van der Waals surface area contributed by atoms with Crippen LogP contribution in [-0.2, 0) is 16.6 Å². The van der Waals surface area contributed by atoms with E-state index in [9.17, 15) is 18.0 Å². The number of anilines is 1. The highest BCUT2D eigenvalue weighted by Gasteiger charge is 2.37. The summed E-state index contributed by atoms with van der Waals surface area (Å²) in [6, 6.07) is 9.96. The fourth-order valence-corrected chi connectivity index (χ4v) is 5.53. The Bertz CT molecular complexity index is 1730. The van der Waals surface area contributed by atoms with E-state index < -0.39 is 21.1 Å². The molecule has 10 nitrogen and oxygen atoms in total. The summed E-state index contributed by atoms with van der Waals surface area (Å²) >= 11 is 0. The van der Waals surface area contributed by atoms with Crippen LogP contribution in [0.5, 0.6) is 0 Å². The highest BCUT2D eigenvalue weighted by atomic mass is 32.2. The third kappa shape index (κ3) is 5.72. The number of ketones is 1. The predicted octanol–water partition coefficient (Wildman–Crippen LogP) is 2.79. The number of aryl methyl sites for hydroxylation is 2. The van der Waals surface area contributed by atoms with Crippen LogP contribution in [0, 0.1) is 26.2 Å². The topological polar surface area (TPSA) is 129 Å². The van der Waals surface area contributed by atoms with Gasteiger partial charge in [0.2, 0.25) is 15.8 Å². The minimum Gasteiger partial charge on any atom is -0.355 e. The second-order valence-corrected chi connectivity index (χ2v) is 11.5. The highest BCUT2D eigenvalue weighted by molar-refractivity contribution is 7.90. The number of hydrogen-bond donors (Lipinski definition) is 1. The smallest absolute Gasteiger partial charge is 0.258 e. The van der Waals surface area contributed by atoms with E-state index in [2.05, 4.69) is 25.9 Å². The molecule has 0 aliphatic heterocycles. The van der Waals surface area contributed by atoms with Crippen molar-refractivity contribution in [2.24, 2.45) is 0 Å². The summed E-state index contributed by atoms with van der Waals surface area (Å²) in [6.07, 6.45) is 9.99. The Morgan fingerprint density at radius 3 is 2.54 bits per heavy atom. The molecule has 3 heterocycles. The molecule has 11 heteroatoms. The number of aromatic amines is 1. The Kier molecular flexibility index (Phi) is 7.90. The lowest BCUT2D eigenvalue weighted by molar-refractivity contribution is 0.0980. The Balaban J connectivity index is 1.66. The normalized spacial score (nSPS) is 12.3. The lowest BCUT2D eigenvalue weighted by Gasteiger charge is -2.24. The molecule has 0 spiro atoms. The van der Waals surface area contributed by atoms with Crippen LogP contribution < -0.4 is 10.5 Å². The fourth-order valence-electron chi connectivity index (χ4n) is 4.23. The number of H-pyrrole nitrogens is 1. The number of pyridine rings is 2. The van der Waals surface area contributed by atoms with E-state index in [1.54, 1.807) is 31.2 Å². The molecule has 0 amide bonds. The third-order valence-electron chi connectivity index (χ3n) is 6.32. The molecule has 1 aromatic carbocycles. The molecule has 1 unspecified atom stereocenters. The first-order valence-electron chi connectivity index (χ1n) is 12.0. The van der Waals surface area contributed by atoms with E-state index in [1.165, 1.54) is 38.8 Å². The maximum atomic E-state index is 13.4. The lowest BCUT2D eigenvalue weighted by atomic mass is 10.0. The summed E-state index contributed by atoms with van der Waals surface area (Å²) in [5.41, 5.74) is 3.09. The summed E-state index contributed by atoms with van der Waals surface area (Å²) in [5.74, 6) is 2.50. The monoisotopic (exact) mass is 544 g/mol. The van der Waals surface area contributed by atoms with Crippen molar-refractivity contribution in [1.82, 2.24) is 24.2 Å². The molecule has 0 bridgehead atoms. The number of Topliss-reactive ketones (excluding diaryl/α,β-unsaturated/α-hetero) is 1. The molecule has 1 atom stereocenters. The number of sulfonamides is 1. The zero-order valence-electron chi connectivity index (χ0n) is 22.0. The molecule has 0 saturated heterocycles. The maximum Gasteiger partial charge on any atom is 0.258 e. The fraction of sp³-hybridized carbons (Fsp3) is 0.250. The first-order valence-corrected chi connectivity index (χ1v) is 13.5. The van der Waals surface area contributed by atoms with Gasteiger partial charge in [0, 0.05) is 33.0 Å². The van der Waals surface area contributed by atoms with Gasteiger partial charge >= 0.3 is 0 Å². The molecular formula is C28H28N6O4S. The molecule has 39 heavy (non-hydrogen) atoms. The third-order valence-corrected chi connectivity index (χ3v) is 8.42. The number of terminal acetylenes is 1. The average molecular weight is 545 g/mol. The van der Waals surface area contributed by atoms with E-state index in [-0.39, 0.29) is 23.4 Å². The molecule has 0 fully saturated rings. The van der Waals surface area contributed by atoms with Gasteiger partial charge in [0.25, 0.3) is 5.56 Å². The van der Waals surface area contributed by atoms with Crippen molar-refractivity contribution in [2.75, 3.05) is 25.5 Å². The molecular weight excluding hydrogens is 516 g/mol. The van der Waals surface area contributed by atoms with Crippen molar-refractivity contribution in [3.05, 3.63) is 93.6 Å². The maximum absolute atomic E-state index is 13.4. The van der Waals surface area contributed by atoms with Gasteiger partial charge in [0.15, 0.2) is 5.25 Å². The van der Waals surface area contributed by atoms with Crippen LogP contribution in [0.25, 0.3) is 10.9 Å². The number of aromatic nitrogens is 4. The Morgan fingerprint density at radius 1 is 1.15 bits per heavy atom. The van der Waals surface area contributed by atoms with Gasteiger partial charge in [-0.05, 0) is 60.9 Å². The van der Waals surface area contributed by atoms with Crippen LogP contribution in [0.15, 0.2) is 59.8 Å². The molecule has 200 valence electrons. The van der Waals surface area contributed by atoms with Crippen LogP contribution in [0.4, 0.5) is 5.69 Å². The van der Waals surface area contributed by atoms with Crippen molar-refractivity contribution in [2.45, 2.75) is 25.6 Å². The minimum atomic E-state index is -4.01. The number of hydrogen-bond acceptors (Lipinski definition) is 8. The number of nitrogens with zero attached hydrogens (tertiary/aromatic N) is 5. The second kappa shape index (κ2) is 11.1. The number of benzene rings is 1. The summed E-state index contributed by atoms with van der Waals surface area (Å²) in [5, 5.41) is -1.01. The van der Waals surface area contributed by atoms with Gasteiger partial charge in [0.05, 0.1) is 29.3 Å². The summed E-state index contributed by atoms with van der Waals surface area (Å²) in [7, 11) is -1.26. The van der Waals surface area contributed by atoms with Gasteiger partial charge in [-0.25, -0.2) is 17.7 Å². The van der Waals surface area contributed by atoms with Gasteiger partial charge in [-0.1, -0.05) is 12.0 Å². The first kappa shape index (κ1) is 27.6. The van der Waals surface area contributed by atoms with E-state index >= 15 is 0 Å². The van der Waals surface area contributed by atoms with Crippen molar-refractivity contribution in [1.29, 1.82) is 0 Å². The quantitative estimate of drug-likeness (QED) is 0.252. The zero-order valence-corrected chi connectivity index (χ0v) is 22.9. The summed E-state index contributed by atoms with van der Waals surface area (Å²) in [6.45, 7) is 4.28. The molecule has 0 aliphatic carbocycles. The van der Waals surface area contributed by atoms with Gasteiger partial charge < -0.3 is 9.88 Å². The van der Waals surface area contributed by atoms with Crippen LogP contribution >= 0.6 is 0 Å². The molecule has 4 aromatic rings. The van der Waals surface area contributed by atoms with E-state index in [4.69, 9.17) is 6.42 Å². The van der Waals surface area contributed by atoms with Crippen LogP contribution in [-0.4, -0.2) is 59.1 Å². The van der Waals surface area contributed by atoms with E-state index in [1.807, 2.05) is 17.9 Å². The average Bonchev–Trinajstić information content (AvgIpc) is 2.89. The van der Waals surface area contributed by atoms with Crippen molar-refractivity contribution < 1.29 is 13.2 Å². The van der Waals surface area contributed by atoms with Gasteiger partial charge in [0.1, 0.15) is 11.5 Å². The Morgan fingerprint density at radius 2 is 1.92 bits per heavy atom. The first-order chi connectivity index (χ1) is 18.5. The molecule has 1 N–H and O–H groups in total. The largest absolute Gasteiger partial charge is 0.355 e. The standard InChI is InChI=1S/C28H28N6O4S/c1-6-12-34(17-21-14-23-25(13-18(21)2)31-19(3)32-28(23)36)22-9-10-24(30-16-22)26(35)27(39(37,38)33(4)5)20-8-7-11-29-15-20/h1,7-11,13-16,27H,12,17H2,2-5H3,(H,31,32,36). The molecule has 0 saturated carbocycles. The molecule has 0 aliphatic rings. The van der Waals surface area contributed by atoms with Gasteiger partial charge in [-0.2, -0.15) is 0 Å². The number of carbonyl (C=O) groups is 1.